The molecule has 15 heavy (non-hydrogen) atoms. The Kier molecular flexibility index (Phi) is 4.90. The molecule has 3 heteroatoms. The lowest BCUT2D eigenvalue weighted by atomic mass is 9.96. The first-order valence-electron chi connectivity index (χ1n) is 6.44. The van der Waals surface area contributed by atoms with Crippen LogP contribution in [0.2, 0.25) is 0 Å². The molecule has 2 aliphatic heterocycles. The Balaban J connectivity index is 1.47. The molecule has 2 heterocycles. The van der Waals surface area contributed by atoms with E-state index in [0.29, 0.717) is 0 Å². The quantitative estimate of drug-likeness (QED) is 0.667. The summed E-state index contributed by atoms with van der Waals surface area (Å²) in [6.07, 6.45) is 5.36. The second kappa shape index (κ2) is 6.46. The predicted octanol–water partition coefficient (Wildman–Crippen LogP) is 1.00. The lowest BCUT2D eigenvalue weighted by molar-refractivity contribution is 0.185. The monoisotopic (exact) mass is 212 g/mol. The van der Waals surface area contributed by atoms with Crippen molar-refractivity contribution in [3.63, 3.8) is 0 Å². The Morgan fingerprint density at radius 2 is 2.27 bits per heavy atom. The van der Waals surface area contributed by atoms with E-state index in [9.17, 15) is 0 Å². The van der Waals surface area contributed by atoms with Crippen molar-refractivity contribution < 1.29 is 4.74 Å². The molecule has 0 radical (unpaired) electrons. The van der Waals surface area contributed by atoms with Gasteiger partial charge in [0.15, 0.2) is 0 Å². The Morgan fingerprint density at radius 1 is 1.27 bits per heavy atom. The largest absolute Gasteiger partial charge is 0.381 e. The second-order valence-electron chi connectivity index (χ2n) is 4.93. The third-order valence-electron chi connectivity index (χ3n) is 3.59. The van der Waals surface area contributed by atoms with Crippen LogP contribution in [0.5, 0.6) is 0 Å². The molecular formula is C12H24N2O. The van der Waals surface area contributed by atoms with Gasteiger partial charge in [-0.15, -0.1) is 0 Å². The zero-order chi connectivity index (χ0) is 10.3. The average molecular weight is 212 g/mol. The van der Waals surface area contributed by atoms with Crippen molar-refractivity contribution in [2.45, 2.75) is 25.7 Å². The van der Waals surface area contributed by atoms with Gasteiger partial charge in [-0.05, 0) is 57.2 Å². The number of piperidine rings is 1. The Morgan fingerprint density at radius 3 is 3.00 bits per heavy atom. The van der Waals surface area contributed by atoms with E-state index in [2.05, 4.69) is 10.6 Å². The molecule has 0 bridgehead atoms. The van der Waals surface area contributed by atoms with Crippen LogP contribution < -0.4 is 10.6 Å². The SMILES string of the molecule is C1CNCC(CCNCC2CCOC2)C1. The third-order valence-corrected chi connectivity index (χ3v) is 3.59. The first kappa shape index (κ1) is 11.4. The fourth-order valence-corrected chi connectivity index (χ4v) is 2.53. The van der Waals surface area contributed by atoms with Gasteiger partial charge in [0.2, 0.25) is 0 Å². The van der Waals surface area contributed by atoms with Gasteiger partial charge in [-0.25, -0.2) is 0 Å². The van der Waals surface area contributed by atoms with Gasteiger partial charge in [0.1, 0.15) is 0 Å². The summed E-state index contributed by atoms with van der Waals surface area (Å²) in [6, 6.07) is 0. The van der Waals surface area contributed by atoms with Crippen molar-refractivity contribution in [3.8, 4) is 0 Å². The van der Waals surface area contributed by atoms with E-state index < -0.39 is 0 Å². The molecule has 0 aromatic carbocycles. The van der Waals surface area contributed by atoms with E-state index in [-0.39, 0.29) is 0 Å². The van der Waals surface area contributed by atoms with E-state index in [1.54, 1.807) is 0 Å². The van der Waals surface area contributed by atoms with Crippen LogP contribution in [0.15, 0.2) is 0 Å². The van der Waals surface area contributed by atoms with Crippen molar-refractivity contribution in [2.75, 3.05) is 39.4 Å². The summed E-state index contributed by atoms with van der Waals surface area (Å²) in [6.45, 7) is 6.73. The highest BCUT2D eigenvalue weighted by Crippen LogP contribution is 2.14. The standard InChI is InChI=1S/C12H24N2O/c1-2-11(8-13-5-1)3-6-14-9-12-4-7-15-10-12/h11-14H,1-10H2. The molecule has 2 N–H and O–H groups in total. The third kappa shape index (κ3) is 4.09. The topological polar surface area (TPSA) is 33.3 Å². The Bertz CT molecular complexity index is 163. The van der Waals surface area contributed by atoms with Crippen molar-refractivity contribution >= 4 is 0 Å². The molecule has 3 nitrogen and oxygen atoms in total. The molecule has 2 rings (SSSR count). The zero-order valence-corrected chi connectivity index (χ0v) is 9.63. The van der Waals surface area contributed by atoms with E-state index in [1.807, 2.05) is 0 Å². The zero-order valence-electron chi connectivity index (χ0n) is 9.63. The minimum atomic E-state index is 0.773. The van der Waals surface area contributed by atoms with Crippen LogP contribution in [0.3, 0.4) is 0 Å². The van der Waals surface area contributed by atoms with Gasteiger partial charge in [-0.2, -0.15) is 0 Å². The van der Waals surface area contributed by atoms with Crippen LogP contribution in [0.1, 0.15) is 25.7 Å². The van der Waals surface area contributed by atoms with E-state index >= 15 is 0 Å². The molecule has 0 aromatic rings. The van der Waals surface area contributed by atoms with Crippen LogP contribution in [0.25, 0.3) is 0 Å². The lowest BCUT2D eigenvalue weighted by Gasteiger charge is -2.22. The van der Waals surface area contributed by atoms with Gasteiger partial charge >= 0.3 is 0 Å². The first-order valence-corrected chi connectivity index (χ1v) is 6.44. The molecule has 2 atom stereocenters. The lowest BCUT2D eigenvalue weighted by Crippen LogP contribution is -2.32. The summed E-state index contributed by atoms with van der Waals surface area (Å²) < 4.78 is 5.35. The number of nitrogens with one attached hydrogen (secondary N) is 2. The fourth-order valence-electron chi connectivity index (χ4n) is 2.53. The van der Waals surface area contributed by atoms with Crippen LogP contribution in [0.4, 0.5) is 0 Å². The highest BCUT2D eigenvalue weighted by atomic mass is 16.5. The van der Waals surface area contributed by atoms with Gasteiger partial charge in [0, 0.05) is 13.2 Å². The minimum Gasteiger partial charge on any atom is -0.381 e. The Hall–Kier alpha value is -0.120. The van der Waals surface area contributed by atoms with Crippen LogP contribution in [-0.4, -0.2) is 39.4 Å². The maximum absolute atomic E-state index is 5.35. The summed E-state index contributed by atoms with van der Waals surface area (Å²) in [5, 5.41) is 7.04. The normalized spacial score (nSPS) is 32.0. The Labute approximate surface area is 93.0 Å². The van der Waals surface area contributed by atoms with Gasteiger partial charge in [-0.1, -0.05) is 0 Å². The maximum atomic E-state index is 5.35. The van der Waals surface area contributed by atoms with Crippen LogP contribution in [-0.2, 0) is 4.74 Å². The average Bonchev–Trinajstić information content (AvgIpc) is 2.79. The molecular weight excluding hydrogens is 188 g/mol. The van der Waals surface area contributed by atoms with Crippen LogP contribution >= 0.6 is 0 Å². The number of hydrogen-bond donors (Lipinski definition) is 2. The molecule has 0 saturated carbocycles. The molecule has 0 aromatic heterocycles. The van der Waals surface area contributed by atoms with Crippen molar-refractivity contribution in [3.05, 3.63) is 0 Å². The molecule has 2 fully saturated rings. The molecule has 2 aliphatic rings. The summed E-state index contributed by atoms with van der Waals surface area (Å²) in [4.78, 5) is 0. The molecule has 0 spiro atoms. The smallest absolute Gasteiger partial charge is 0.0507 e. The fraction of sp³-hybridized carbons (Fsp3) is 1.00. The van der Waals surface area contributed by atoms with Gasteiger partial charge < -0.3 is 15.4 Å². The van der Waals surface area contributed by atoms with E-state index in [4.69, 9.17) is 4.74 Å². The molecule has 0 aliphatic carbocycles. The van der Waals surface area contributed by atoms with E-state index in [1.165, 1.54) is 45.3 Å². The van der Waals surface area contributed by atoms with E-state index in [0.717, 1.165) is 31.6 Å². The highest BCUT2D eigenvalue weighted by Gasteiger charge is 2.15. The van der Waals surface area contributed by atoms with Crippen LogP contribution in [0, 0.1) is 11.8 Å². The van der Waals surface area contributed by atoms with Crippen molar-refractivity contribution in [1.29, 1.82) is 0 Å². The van der Waals surface area contributed by atoms with Gasteiger partial charge in [0.25, 0.3) is 0 Å². The maximum Gasteiger partial charge on any atom is 0.0507 e. The van der Waals surface area contributed by atoms with Crippen molar-refractivity contribution in [1.82, 2.24) is 10.6 Å². The summed E-state index contributed by atoms with van der Waals surface area (Å²) in [5.41, 5.74) is 0. The summed E-state index contributed by atoms with van der Waals surface area (Å²) in [5.74, 6) is 1.68. The number of ether oxygens (including phenoxy) is 1. The van der Waals surface area contributed by atoms with Gasteiger partial charge in [0.05, 0.1) is 6.61 Å². The first-order chi connectivity index (χ1) is 7.45. The highest BCUT2D eigenvalue weighted by molar-refractivity contribution is 4.71. The minimum absolute atomic E-state index is 0.773. The molecule has 0 amide bonds. The second-order valence-corrected chi connectivity index (χ2v) is 4.93. The van der Waals surface area contributed by atoms with Crippen molar-refractivity contribution in [2.24, 2.45) is 11.8 Å². The number of rotatable bonds is 5. The molecule has 2 saturated heterocycles. The number of hydrogen-bond acceptors (Lipinski definition) is 3. The molecule has 88 valence electrons. The predicted molar refractivity (Wildman–Crippen MR) is 62.0 cm³/mol. The molecule has 2 unspecified atom stereocenters. The van der Waals surface area contributed by atoms with Gasteiger partial charge in [-0.3, -0.25) is 0 Å². The summed E-state index contributed by atoms with van der Waals surface area (Å²) in [7, 11) is 0. The summed E-state index contributed by atoms with van der Waals surface area (Å²) >= 11 is 0.